The number of rotatable bonds is 4. The Labute approximate surface area is 101 Å². The van der Waals surface area contributed by atoms with Crippen molar-refractivity contribution in [1.29, 1.82) is 0 Å². The molecule has 2 rings (SSSR count). The van der Waals surface area contributed by atoms with Crippen LogP contribution in [0.5, 0.6) is 0 Å². The molecule has 1 aromatic rings. The molecule has 0 spiro atoms. The van der Waals surface area contributed by atoms with Gasteiger partial charge in [-0.05, 0) is 44.4 Å². The summed E-state index contributed by atoms with van der Waals surface area (Å²) in [5.74, 6) is -0.359. The number of benzene rings is 1. The molecule has 3 N–H and O–H groups in total. The number of anilines is 2. The van der Waals surface area contributed by atoms with Gasteiger partial charge >= 0.3 is 5.97 Å². The fourth-order valence-corrected chi connectivity index (χ4v) is 1.82. The molecule has 1 aromatic carbocycles. The first-order valence-corrected chi connectivity index (χ1v) is 6.04. The molecule has 0 unspecified atom stereocenters. The molecule has 92 valence electrons. The standard InChI is InChI=1S/C13H18N2O2/c1-2-17-13(16)11-8-10(6-7-12(11)14)15-9-4-3-5-9/h6-9,15H,2-5,14H2,1H3. The zero-order valence-corrected chi connectivity index (χ0v) is 10.0. The Morgan fingerprint density at radius 2 is 2.29 bits per heavy atom. The summed E-state index contributed by atoms with van der Waals surface area (Å²) >= 11 is 0. The number of nitrogen functional groups attached to an aromatic ring is 1. The van der Waals surface area contributed by atoms with Gasteiger partial charge in [-0.3, -0.25) is 0 Å². The van der Waals surface area contributed by atoms with Gasteiger partial charge in [0.2, 0.25) is 0 Å². The van der Waals surface area contributed by atoms with E-state index in [0.29, 0.717) is 23.9 Å². The summed E-state index contributed by atoms with van der Waals surface area (Å²) in [6.07, 6.45) is 3.66. The van der Waals surface area contributed by atoms with E-state index >= 15 is 0 Å². The summed E-state index contributed by atoms with van der Waals surface area (Å²) in [4.78, 5) is 11.7. The van der Waals surface area contributed by atoms with Crippen LogP contribution < -0.4 is 11.1 Å². The molecule has 0 atom stereocenters. The Bertz CT molecular complexity index is 414. The molecule has 0 aromatic heterocycles. The van der Waals surface area contributed by atoms with Gasteiger partial charge in [0.25, 0.3) is 0 Å². The number of ether oxygens (including phenoxy) is 1. The number of hydrogen-bond acceptors (Lipinski definition) is 4. The van der Waals surface area contributed by atoms with Crippen LogP contribution in [0.4, 0.5) is 11.4 Å². The maximum Gasteiger partial charge on any atom is 0.340 e. The van der Waals surface area contributed by atoms with Crippen LogP contribution in [-0.2, 0) is 4.74 Å². The molecule has 17 heavy (non-hydrogen) atoms. The number of nitrogens with two attached hydrogens (primary N) is 1. The second-order valence-electron chi connectivity index (χ2n) is 4.29. The number of nitrogens with one attached hydrogen (secondary N) is 1. The Morgan fingerprint density at radius 3 is 2.88 bits per heavy atom. The Morgan fingerprint density at radius 1 is 1.53 bits per heavy atom. The summed E-state index contributed by atoms with van der Waals surface area (Å²) in [7, 11) is 0. The summed E-state index contributed by atoms with van der Waals surface area (Å²) in [6, 6.07) is 5.95. The van der Waals surface area contributed by atoms with Crippen molar-refractivity contribution in [3.63, 3.8) is 0 Å². The molecule has 1 fully saturated rings. The quantitative estimate of drug-likeness (QED) is 0.620. The van der Waals surface area contributed by atoms with Crippen LogP contribution in [0.15, 0.2) is 18.2 Å². The Kier molecular flexibility index (Phi) is 3.52. The van der Waals surface area contributed by atoms with Gasteiger partial charge in [0.15, 0.2) is 0 Å². The van der Waals surface area contributed by atoms with Crippen molar-refractivity contribution in [3.05, 3.63) is 23.8 Å². The van der Waals surface area contributed by atoms with Crippen LogP contribution >= 0.6 is 0 Å². The minimum absolute atomic E-state index is 0.359. The van der Waals surface area contributed by atoms with E-state index in [-0.39, 0.29) is 5.97 Å². The molecule has 0 aliphatic heterocycles. The third kappa shape index (κ3) is 2.70. The molecule has 4 heteroatoms. The highest BCUT2D eigenvalue weighted by molar-refractivity contribution is 5.96. The van der Waals surface area contributed by atoms with E-state index in [1.807, 2.05) is 6.07 Å². The summed E-state index contributed by atoms with van der Waals surface area (Å²) in [5.41, 5.74) is 7.61. The molecule has 1 aliphatic rings. The highest BCUT2D eigenvalue weighted by Crippen LogP contribution is 2.25. The maximum atomic E-state index is 11.7. The molecule has 0 radical (unpaired) electrons. The van der Waals surface area contributed by atoms with Crippen molar-refractivity contribution in [1.82, 2.24) is 0 Å². The van der Waals surface area contributed by atoms with E-state index in [9.17, 15) is 4.79 Å². The lowest BCUT2D eigenvalue weighted by atomic mass is 9.93. The van der Waals surface area contributed by atoms with Gasteiger partial charge in [0.05, 0.1) is 12.2 Å². The number of esters is 1. The Hall–Kier alpha value is -1.71. The van der Waals surface area contributed by atoms with Crippen LogP contribution in [0, 0.1) is 0 Å². The highest BCUT2D eigenvalue weighted by atomic mass is 16.5. The van der Waals surface area contributed by atoms with E-state index in [1.54, 1.807) is 19.1 Å². The maximum absolute atomic E-state index is 11.7. The van der Waals surface area contributed by atoms with Gasteiger partial charge in [0.1, 0.15) is 0 Å². The average Bonchev–Trinajstić information content (AvgIpc) is 2.25. The number of hydrogen-bond donors (Lipinski definition) is 2. The monoisotopic (exact) mass is 234 g/mol. The van der Waals surface area contributed by atoms with Crippen LogP contribution in [-0.4, -0.2) is 18.6 Å². The molecule has 0 heterocycles. The molecule has 1 aliphatic carbocycles. The van der Waals surface area contributed by atoms with Crippen LogP contribution in [0.2, 0.25) is 0 Å². The number of carbonyl (C=O) groups is 1. The first-order valence-electron chi connectivity index (χ1n) is 6.04. The molecule has 1 saturated carbocycles. The van der Waals surface area contributed by atoms with E-state index in [4.69, 9.17) is 10.5 Å². The summed E-state index contributed by atoms with van der Waals surface area (Å²) in [5, 5.41) is 3.38. The third-order valence-corrected chi connectivity index (χ3v) is 3.02. The smallest absolute Gasteiger partial charge is 0.340 e. The van der Waals surface area contributed by atoms with Gasteiger partial charge in [-0.2, -0.15) is 0 Å². The Balaban J connectivity index is 2.13. The molecular weight excluding hydrogens is 216 g/mol. The summed E-state index contributed by atoms with van der Waals surface area (Å²) in [6.45, 7) is 2.14. The van der Waals surface area contributed by atoms with Crippen molar-refractivity contribution < 1.29 is 9.53 Å². The summed E-state index contributed by atoms with van der Waals surface area (Å²) < 4.78 is 4.96. The van der Waals surface area contributed by atoms with Crippen molar-refractivity contribution in [2.45, 2.75) is 32.2 Å². The second kappa shape index (κ2) is 5.08. The molecule has 4 nitrogen and oxygen atoms in total. The predicted octanol–water partition coefficient (Wildman–Crippen LogP) is 2.41. The van der Waals surface area contributed by atoms with E-state index in [1.165, 1.54) is 19.3 Å². The first kappa shape index (κ1) is 11.8. The van der Waals surface area contributed by atoms with Crippen LogP contribution in [0.25, 0.3) is 0 Å². The molecule has 0 amide bonds. The van der Waals surface area contributed by atoms with Crippen molar-refractivity contribution in [3.8, 4) is 0 Å². The van der Waals surface area contributed by atoms with Gasteiger partial charge in [-0.15, -0.1) is 0 Å². The lowest BCUT2D eigenvalue weighted by Crippen LogP contribution is -2.27. The SMILES string of the molecule is CCOC(=O)c1cc(NC2CCC2)ccc1N. The first-order chi connectivity index (χ1) is 8.20. The minimum atomic E-state index is -0.359. The van der Waals surface area contributed by atoms with Crippen LogP contribution in [0.3, 0.4) is 0 Å². The largest absolute Gasteiger partial charge is 0.462 e. The lowest BCUT2D eigenvalue weighted by Gasteiger charge is -2.27. The fraction of sp³-hybridized carbons (Fsp3) is 0.462. The topological polar surface area (TPSA) is 64.3 Å². The predicted molar refractivity (Wildman–Crippen MR) is 68.1 cm³/mol. The zero-order chi connectivity index (χ0) is 12.3. The average molecular weight is 234 g/mol. The molecule has 0 bridgehead atoms. The lowest BCUT2D eigenvalue weighted by molar-refractivity contribution is 0.0527. The second-order valence-corrected chi connectivity index (χ2v) is 4.29. The van der Waals surface area contributed by atoms with Crippen LogP contribution in [0.1, 0.15) is 36.5 Å². The van der Waals surface area contributed by atoms with Gasteiger partial charge < -0.3 is 15.8 Å². The van der Waals surface area contributed by atoms with Crippen molar-refractivity contribution in [2.75, 3.05) is 17.7 Å². The molecular formula is C13H18N2O2. The third-order valence-electron chi connectivity index (χ3n) is 3.02. The minimum Gasteiger partial charge on any atom is -0.462 e. The molecule has 0 saturated heterocycles. The van der Waals surface area contributed by atoms with Crippen molar-refractivity contribution in [2.24, 2.45) is 0 Å². The fourth-order valence-electron chi connectivity index (χ4n) is 1.82. The van der Waals surface area contributed by atoms with E-state index in [2.05, 4.69) is 5.32 Å². The van der Waals surface area contributed by atoms with Gasteiger partial charge in [0, 0.05) is 17.4 Å². The normalized spacial score (nSPS) is 15.1. The zero-order valence-electron chi connectivity index (χ0n) is 10.0. The van der Waals surface area contributed by atoms with E-state index < -0.39 is 0 Å². The number of carbonyl (C=O) groups excluding carboxylic acids is 1. The van der Waals surface area contributed by atoms with E-state index in [0.717, 1.165) is 5.69 Å². The van der Waals surface area contributed by atoms with Gasteiger partial charge in [-0.1, -0.05) is 0 Å². The van der Waals surface area contributed by atoms with Gasteiger partial charge in [-0.25, -0.2) is 4.79 Å². The van der Waals surface area contributed by atoms with Crippen molar-refractivity contribution >= 4 is 17.3 Å². The highest BCUT2D eigenvalue weighted by Gasteiger charge is 2.18.